The standard InChI is InChI=1S/C8H18N4O/c1-10-2-4-11(5-3-10)6-7-12(9)8-13/h8H,2-7,9H2,1H3. The van der Waals surface area contributed by atoms with Crippen LogP contribution in [0.25, 0.3) is 0 Å². The van der Waals surface area contributed by atoms with Gasteiger partial charge in [-0.05, 0) is 7.05 Å². The van der Waals surface area contributed by atoms with Crippen molar-refractivity contribution in [3.63, 3.8) is 0 Å². The van der Waals surface area contributed by atoms with Gasteiger partial charge in [0.2, 0.25) is 6.41 Å². The van der Waals surface area contributed by atoms with Crippen LogP contribution in [0.15, 0.2) is 0 Å². The summed E-state index contributed by atoms with van der Waals surface area (Å²) in [6.07, 6.45) is 0.663. The zero-order chi connectivity index (χ0) is 9.68. The van der Waals surface area contributed by atoms with E-state index < -0.39 is 0 Å². The van der Waals surface area contributed by atoms with Gasteiger partial charge in [-0.2, -0.15) is 0 Å². The monoisotopic (exact) mass is 186 g/mol. The first-order chi connectivity index (χ1) is 6.22. The molecule has 0 aromatic heterocycles. The van der Waals surface area contributed by atoms with Crippen molar-refractivity contribution < 1.29 is 4.79 Å². The van der Waals surface area contributed by atoms with Crippen molar-refractivity contribution in [1.29, 1.82) is 0 Å². The minimum atomic E-state index is 0.618. The predicted molar refractivity (Wildman–Crippen MR) is 50.9 cm³/mol. The summed E-state index contributed by atoms with van der Waals surface area (Å²) in [4.78, 5) is 14.8. The summed E-state index contributed by atoms with van der Waals surface area (Å²) in [6, 6.07) is 0. The molecule has 1 rings (SSSR count). The Morgan fingerprint density at radius 2 is 2.00 bits per heavy atom. The number of carbonyl (C=O) groups excluding carboxylic acids is 1. The molecule has 5 heteroatoms. The van der Waals surface area contributed by atoms with Gasteiger partial charge in [-0.15, -0.1) is 0 Å². The normalized spacial score (nSPS) is 20.2. The van der Waals surface area contributed by atoms with Gasteiger partial charge in [0.25, 0.3) is 0 Å². The van der Waals surface area contributed by atoms with Crippen molar-refractivity contribution in [2.75, 3.05) is 46.3 Å². The van der Waals surface area contributed by atoms with E-state index in [0.717, 1.165) is 32.7 Å². The molecule has 1 fully saturated rings. The predicted octanol–water partition coefficient (Wildman–Crippen LogP) is -1.43. The summed E-state index contributed by atoms with van der Waals surface area (Å²) in [5.41, 5.74) is 0. The molecule has 1 aliphatic rings. The Morgan fingerprint density at radius 3 is 2.54 bits per heavy atom. The molecule has 1 heterocycles. The van der Waals surface area contributed by atoms with Crippen molar-refractivity contribution in [3.05, 3.63) is 0 Å². The van der Waals surface area contributed by atoms with E-state index in [1.807, 2.05) is 0 Å². The molecule has 0 bridgehead atoms. The maximum absolute atomic E-state index is 10.2. The van der Waals surface area contributed by atoms with Crippen LogP contribution in [-0.4, -0.2) is 67.5 Å². The van der Waals surface area contributed by atoms with Crippen LogP contribution in [0.3, 0.4) is 0 Å². The molecule has 5 nitrogen and oxygen atoms in total. The third-order valence-electron chi connectivity index (χ3n) is 2.41. The zero-order valence-corrected chi connectivity index (χ0v) is 8.15. The van der Waals surface area contributed by atoms with Crippen LogP contribution in [0.2, 0.25) is 0 Å². The largest absolute Gasteiger partial charge is 0.304 e. The van der Waals surface area contributed by atoms with E-state index in [2.05, 4.69) is 16.8 Å². The molecule has 1 saturated heterocycles. The number of carbonyl (C=O) groups is 1. The van der Waals surface area contributed by atoms with Gasteiger partial charge in [-0.25, -0.2) is 5.84 Å². The summed E-state index contributed by atoms with van der Waals surface area (Å²) in [5, 5.41) is 1.19. The number of likely N-dealkylation sites (N-methyl/N-ethyl adjacent to an activating group) is 1. The molecule has 0 aliphatic carbocycles. The molecule has 0 atom stereocenters. The second-order valence-electron chi connectivity index (χ2n) is 3.49. The van der Waals surface area contributed by atoms with Gasteiger partial charge in [0.05, 0.1) is 0 Å². The molecule has 0 unspecified atom stereocenters. The fourth-order valence-electron chi connectivity index (χ4n) is 1.38. The Labute approximate surface area is 79.0 Å². The first kappa shape index (κ1) is 10.4. The average Bonchev–Trinajstić information content (AvgIpc) is 2.16. The van der Waals surface area contributed by atoms with Gasteiger partial charge in [-0.1, -0.05) is 0 Å². The van der Waals surface area contributed by atoms with Crippen LogP contribution < -0.4 is 5.84 Å². The van der Waals surface area contributed by atoms with Gasteiger partial charge in [0.1, 0.15) is 0 Å². The third kappa shape index (κ3) is 3.71. The molecule has 0 spiro atoms. The number of piperazine rings is 1. The second kappa shape index (κ2) is 5.16. The first-order valence-electron chi connectivity index (χ1n) is 4.60. The number of hydrogen-bond donors (Lipinski definition) is 1. The second-order valence-corrected chi connectivity index (χ2v) is 3.49. The van der Waals surface area contributed by atoms with Crippen LogP contribution in [0, 0.1) is 0 Å². The molecule has 0 aromatic carbocycles. The van der Waals surface area contributed by atoms with E-state index in [-0.39, 0.29) is 0 Å². The van der Waals surface area contributed by atoms with Gasteiger partial charge < -0.3 is 4.90 Å². The summed E-state index contributed by atoms with van der Waals surface area (Å²) < 4.78 is 0. The van der Waals surface area contributed by atoms with Gasteiger partial charge in [0, 0.05) is 39.3 Å². The number of rotatable bonds is 4. The smallest absolute Gasteiger partial charge is 0.223 e. The highest BCUT2D eigenvalue weighted by Crippen LogP contribution is 1.97. The number of hydrogen-bond acceptors (Lipinski definition) is 4. The molecule has 0 aromatic rings. The highest BCUT2D eigenvalue weighted by molar-refractivity contribution is 5.45. The van der Waals surface area contributed by atoms with Crippen molar-refractivity contribution >= 4 is 6.41 Å². The first-order valence-corrected chi connectivity index (χ1v) is 4.60. The molecule has 13 heavy (non-hydrogen) atoms. The van der Waals surface area contributed by atoms with Gasteiger partial charge in [-0.3, -0.25) is 14.7 Å². The Morgan fingerprint density at radius 1 is 1.38 bits per heavy atom. The van der Waals surface area contributed by atoms with Crippen LogP contribution in [0.1, 0.15) is 0 Å². The van der Waals surface area contributed by atoms with E-state index >= 15 is 0 Å². The topological polar surface area (TPSA) is 52.8 Å². The third-order valence-corrected chi connectivity index (χ3v) is 2.41. The summed E-state index contributed by atoms with van der Waals surface area (Å²) in [5.74, 6) is 5.35. The highest BCUT2D eigenvalue weighted by Gasteiger charge is 2.13. The number of nitrogens with zero attached hydrogens (tertiary/aromatic N) is 3. The van der Waals surface area contributed by atoms with Crippen molar-refractivity contribution in [2.45, 2.75) is 0 Å². The van der Waals surface area contributed by atoms with E-state index in [9.17, 15) is 4.79 Å². The molecule has 1 aliphatic heterocycles. The van der Waals surface area contributed by atoms with Crippen LogP contribution in [0.5, 0.6) is 0 Å². The Hall–Kier alpha value is -0.650. The summed E-state index contributed by atoms with van der Waals surface area (Å²) in [6.45, 7) is 5.85. The maximum atomic E-state index is 10.2. The quantitative estimate of drug-likeness (QED) is 0.253. The molecule has 2 N–H and O–H groups in total. The summed E-state index contributed by atoms with van der Waals surface area (Å²) in [7, 11) is 2.12. The number of amides is 1. The average molecular weight is 186 g/mol. The molecular weight excluding hydrogens is 168 g/mol. The van der Waals surface area contributed by atoms with E-state index in [4.69, 9.17) is 5.84 Å². The Kier molecular flexibility index (Phi) is 4.14. The number of nitrogens with two attached hydrogens (primary N) is 1. The Balaban J connectivity index is 2.12. The lowest BCUT2D eigenvalue weighted by molar-refractivity contribution is -0.118. The van der Waals surface area contributed by atoms with Gasteiger partial charge >= 0.3 is 0 Å². The lowest BCUT2D eigenvalue weighted by Gasteiger charge is -2.32. The fraction of sp³-hybridized carbons (Fsp3) is 0.875. The van der Waals surface area contributed by atoms with Crippen LogP contribution in [-0.2, 0) is 4.79 Å². The lowest BCUT2D eigenvalue weighted by Crippen LogP contribution is -2.47. The fourth-order valence-corrected chi connectivity index (χ4v) is 1.38. The lowest BCUT2D eigenvalue weighted by atomic mass is 10.3. The SMILES string of the molecule is CN1CCN(CCN(N)C=O)CC1. The molecule has 76 valence electrons. The molecule has 0 saturated carbocycles. The van der Waals surface area contributed by atoms with E-state index in [1.54, 1.807) is 0 Å². The van der Waals surface area contributed by atoms with Crippen molar-refractivity contribution in [3.8, 4) is 0 Å². The zero-order valence-electron chi connectivity index (χ0n) is 8.15. The van der Waals surface area contributed by atoms with Crippen LogP contribution >= 0.6 is 0 Å². The van der Waals surface area contributed by atoms with Crippen molar-refractivity contribution in [2.24, 2.45) is 5.84 Å². The molecule has 1 amide bonds. The minimum Gasteiger partial charge on any atom is -0.304 e. The van der Waals surface area contributed by atoms with Gasteiger partial charge in [0.15, 0.2) is 0 Å². The number of hydrazine groups is 1. The maximum Gasteiger partial charge on any atom is 0.223 e. The van der Waals surface area contributed by atoms with Crippen molar-refractivity contribution in [1.82, 2.24) is 14.8 Å². The van der Waals surface area contributed by atoms with E-state index in [0.29, 0.717) is 13.0 Å². The molecular formula is C8H18N4O. The van der Waals surface area contributed by atoms with E-state index in [1.165, 1.54) is 5.01 Å². The molecule has 0 radical (unpaired) electrons. The Bertz CT molecular complexity index is 156. The van der Waals surface area contributed by atoms with Crippen LogP contribution in [0.4, 0.5) is 0 Å². The minimum absolute atomic E-state index is 0.618. The summed E-state index contributed by atoms with van der Waals surface area (Å²) >= 11 is 0. The highest BCUT2D eigenvalue weighted by atomic mass is 16.1.